The highest BCUT2D eigenvalue weighted by Crippen LogP contribution is 2.15. The molecule has 0 amide bonds. The Labute approximate surface area is 79.7 Å². The van der Waals surface area contributed by atoms with Gasteiger partial charge in [0.1, 0.15) is 6.61 Å². The van der Waals surface area contributed by atoms with Crippen LogP contribution in [0.25, 0.3) is 0 Å². The van der Waals surface area contributed by atoms with Crippen molar-refractivity contribution in [2.24, 2.45) is 0 Å². The maximum atomic E-state index is 10.5. The Morgan fingerprint density at radius 1 is 1.71 bits per heavy atom. The molecule has 0 atom stereocenters. The highest BCUT2D eigenvalue weighted by atomic mass is 16.6. The lowest BCUT2D eigenvalue weighted by Gasteiger charge is -2.01. The molecule has 0 saturated heterocycles. The van der Waals surface area contributed by atoms with Gasteiger partial charge in [0.15, 0.2) is 5.69 Å². The van der Waals surface area contributed by atoms with E-state index in [0.717, 1.165) is 0 Å². The molecule has 0 N–H and O–H groups in total. The zero-order valence-electron chi connectivity index (χ0n) is 7.47. The third-order valence-corrected chi connectivity index (χ3v) is 1.48. The lowest BCUT2D eigenvalue weighted by Crippen LogP contribution is -2.03. The molecule has 0 unspecified atom stereocenters. The first kappa shape index (κ1) is 10.1. The van der Waals surface area contributed by atoms with Gasteiger partial charge in [-0.2, -0.15) is 0 Å². The molecular weight excluding hydrogens is 188 g/mol. The first-order valence-corrected chi connectivity index (χ1v) is 3.83. The van der Waals surface area contributed by atoms with Gasteiger partial charge in [-0.1, -0.05) is 0 Å². The predicted molar refractivity (Wildman–Crippen MR) is 46.4 cm³/mol. The lowest BCUT2D eigenvalue weighted by atomic mass is 10.3. The van der Waals surface area contributed by atoms with Crippen molar-refractivity contribution in [1.29, 1.82) is 0 Å². The minimum Gasteiger partial charge on any atom is -0.459 e. The van der Waals surface area contributed by atoms with Crippen LogP contribution in [0.5, 0.6) is 0 Å². The molecule has 74 valence electrons. The predicted octanol–water partition coefficient (Wildman–Crippen LogP) is 1.05. The first-order chi connectivity index (χ1) is 6.61. The van der Waals surface area contributed by atoms with Crippen LogP contribution in [0.15, 0.2) is 18.3 Å². The number of hydrogen-bond donors (Lipinski definition) is 0. The Hall–Kier alpha value is -1.98. The van der Waals surface area contributed by atoms with Crippen molar-refractivity contribution in [3.63, 3.8) is 0 Å². The Balaban J connectivity index is 2.84. The third-order valence-electron chi connectivity index (χ3n) is 1.48. The summed E-state index contributed by atoms with van der Waals surface area (Å²) < 4.78 is 4.61. The van der Waals surface area contributed by atoms with E-state index in [4.69, 9.17) is 0 Å². The van der Waals surface area contributed by atoms with Crippen LogP contribution in [-0.2, 0) is 16.1 Å². The number of aromatic nitrogens is 1. The summed E-state index contributed by atoms with van der Waals surface area (Å²) in [5.74, 6) is -0.495. The Kier molecular flexibility index (Phi) is 3.11. The van der Waals surface area contributed by atoms with Crippen molar-refractivity contribution in [1.82, 2.24) is 4.98 Å². The molecule has 1 heterocycles. The van der Waals surface area contributed by atoms with Crippen molar-refractivity contribution in [2.75, 3.05) is 0 Å². The molecule has 0 spiro atoms. The molecule has 0 saturated carbocycles. The number of carbonyl (C=O) groups excluding carboxylic acids is 1. The Bertz CT molecular complexity index is 364. The van der Waals surface area contributed by atoms with Gasteiger partial charge in [0, 0.05) is 19.2 Å². The fourth-order valence-corrected chi connectivity index (χ4v) is 0.877. The molecule has 1 aromatic rings. The second-order valence-electron chi connectivity index (χ2n) is 2.51. The number of pyridine rings is 1. The zero-order chi connectivity index (χ0) is 10.6. The fourth-order valence-electron chi connectivity index (χ4n) is 0.877. The summed E-state index contributed by atoms with van der Waals surface area (Å²) in [5, 5.41) is 10.5. The van der Waals surface area contributed by atoms with Gasteiger partial charge in [-0.3, -0.25) is 19.9 Å². The number of nitrogens with zero attached hydrogens (tertiary/aromatic N) is 2. The van der Waals surface area contributed by atoms with Crippen molar-refractivity contribution in [3.8, 4) is 0 Å². The van der Waals surface area contributed by atoms with Crippen LogP contribution in [0.1, 0.15) is 12.6 Å². The number of carbonyl (C=O) groups is 1. The number of esters is 1. The zero-order valence-corrected chi connectivity index (χ0v) is 7.47. The second-order valence-corrected chi connectivity index (χ2v) is 2.51. The molecule has 0 aliphatic heterocycles. The summed E-state index contributed by atoms with van der Waals surface area (Å²) in [5.41, 5.74) is 0.00134. The number of nitro groups is 1. The van der Waals surface area contributed by atoms with Gasteiger partial charge in [0.25, 0.3) is 5.69 Å². The van der Waals surface area contributed by atoms with E-state index in [9.17, 15) is 14.9 Å². The topological polar surface area (TPSA) is 82.3 Å². The fraction of sp³-hybridized carbons (Fsp3) is 0.250. The maximum Gasteiger partial charge on any atom is 0.303 e. The van der Waals surface area contributed by atoms with Crippen molar-refractivity contribution in [3.05, 3.63) is 34.1 Å². The van der Waals surface area contributed by atoms with Gasteiger partial charge >= 0.3 is 5.97 Å². The number of ether oxygens (including phenoxy) is 1. The van der Waals surface area contributed by atoms with E-state index < -0.39 is 10.9 Å². The Morgan fingerprint density at radius 3 is 3.00 bits per heavy atom. The number of rotatable bonds is 3. The minimum absolute atomic E-state index is 0.145. The molecule has 0 aliphatic rings. The van der Waals surface area contributed by atoms with Crippen molar-refractivity contribution < 1.29 is 14.5 Å². The van der Waals surface area contributed by atoms with Gasteiger partial charge in [-0.05, 0) is 6.07 Å². The monoisotopic (exact) mass is 196 g/mol. The second kappa shape index (κ2) is 4.31. The average Bonchev–Trinajstić information content (AvgIpc) is 2.15. The normalized spacial score (nSPS) is 9.50. The molecule has 1 aromatic heterocycles. The average molecular weight is 196 g/mol. The van der Waals surface area contributed by atoms with E-state index in [1.807, 2.05) is 0 Å². The molecule has 0 bridgehead atoms. The standard InChI is InChI=1S/C8H8N2O4/c1-6(11)14-5-7-8(10(12)13)3-2-4-9-7/h2-4H,5H2,1H3. The number of hydrogen-bond acceptors (Lipinski definition) is 5. The summed E-state index contributed by atoms with van der Waals surface area (Å²) in [4.78, 5) is 24.2. The van der Waals surface area contributed by atoms with E-state index in [-0.39, 0.29) is 18.0 Å². The summed E-state index contributed by atoms with van der Waals surface area (Å²) in [6, 6.07) is 2.77. The van der Waals surface area contributed by atoms with E-state index in [1.54, 1.807) is 0 Å². The van der Waals surface area contributed by atoms with E-state index in [1.165, 1.54) is 25.3 Å². The van der Waals surface area contributed by atoms with Crippen molar-refractivity contribution >= 4 is 11.7 Å². The van der Waals surface area contributed by atoms with E-state index >= 15 is 0 Å². The van der Waals surface area contributed by atoms with Crippen LogP contribution in [0.3, 0.4) is 0 Å². The van der Waals surface area contributed by atoms with Gasteiger partial charge in [0.2, 0.25) is 0 Å². The molecular formula is C8H8N2O4. The third kappa shape index (κ3) is 2.51. The van der Waals surface area contributed by atoms with Crippen LogP contribution < -0.4 is 0 Å². The first-order valence-electron chi connectivity index (χ1n) is 3.83. The summed E-state index contributed by atoms with van der Waals surface area (Å²) in [6.45, 7) is 1.06. The smallest absolute Gasteiger partial charge is 0.303 e. The van der Waals surface area contributed by atoms with E-state index in [2.05, 4.69) is 9.72 Å². The van der Waals surface area contributed by atoms with Gasteiger partial charge < -0.3 is 4.74 Å². The highest BCUT2D eigenvalue weighted by molar-refractivity contribution is 5.66. The van der Waals surface area contributed by atoms with Crippen LogP contribution in [0, 0.1) is 10.1 Å². The van der Waals surface area contributed by atoms with Crippen LogP contribution in [0.4, 0.5) is 5.69 Å². The SMILES string of the molecule is CC(=O)OCc1ncccc1[N+](=O)[O-]. The molecule has 0 radical (unpaired) electrons. The van der Waals surface area contributed by atoms with Crippen LogP contribution in [-0.4, -0.2) is 15.9 Å². The molecule has 1 rings (SSSR count). The van der Waals surface area contributed by atoms with E-state index in [0.29, 0.717) is 0 Å². The minimum atomic E-state index is -0.564. The maximum absolute atomic E-state index is 10.5. The Morgan fingerprint density at radius 2 is 2.43 bits per heavy atom. The van der Waals surface area contributed by atoms with Crippen molar-refractivity contribution in [2.45, 2.75) is 13.5 Å². The van der Waals surface area contributed by atoms with Gasteiger partial charge in [-0.25, -0.2) is 0 Å². The molecule has 6 nitrogen and oxygen atoms in total. The molecule has 0 fully saturated rings. The van der Waals surface area contributed by atoms with Crippen LogP contribution in [0.2, 0.25) is 0 Å². The molecule has 0 aliphatic carbocycles. The summed E-state index contributed by atoms with van der Waals surface area (Å²) >= 11 is 0. The van der Waals surface area contributed by atoms with Gasteiger partial charge in [-0.15, -0.1) is 0 Å². The lowest BCUT2D eigenvalue weighted by molar-refractivity contribution is -0.386. The molecule has 6 heteroatoms. The summed E-state index contributed by atoms with van der Waals surface area (Å²) in [7, 11) is 0. The van der Waals surface area contributed by atoms with Crippen LogP contribution >= 0.6 is 0 Å². The largest absolute Gasteiger partial charge is 0.459 e. The molecule has 0 aromatic carbocycles. The van der Waals surface area contributed by atoms with Gasteiger partial charge in [0.05, 0.1) is 4.92 Å². The molecule has 14 heavy (non-hydrogen) atoms. The summed E-state index contributed by atoms with van der Waals surface area (Å²) in [6.07, 6.45) is 1.41. The highest BCUT2D eigenvalue weighted by Gasteiger charge is 2.14. The quantitative estimate of drug-likeness (QED) is 0.410.